The molecule has 4 heteroatoms. The maximum absolute atomic E-state index is 10.3. The molecule has 0 aliphatic carbocycles. The van der Waals surface area contributed by atoms with Crippen molar-refractivity contribution in [1.82, 2.24) is 0 Å². The molecule has 0 spiro atoms. The van der Waals surface area contributed by atoms with Crippen molar-refractivity contribution in [2.24, 2.45) is 0 Å². The molecule has 61 heavy (non-hydrogen) atoms. The lowest BCUT2D eigenvalue weighted by Gasteiger charge is -2.26. The second-order valence-corrected chi connectivity index (χ2v) is 15.5. The van der Waals surface area contributed by atoms with Crippen molar-refractivity contribution in [3.05, 3.63) is 231 Å². The lowest BCUT2D eigenvalue weighted by Crippen LogP contribution is -2.09. The van der Waals surface area contributed by atoms with Gasteiger partial charge in [0.15, 0.2) is 5.69 Å². The monoisotopic (exact) mass is 786 g/mol. The Kier molecular flexibility index (Phi) is 11.7. The van der Waals surface area contributed by atoms with E-state index < -0.39 is 0 Å². The quantitative estimate of drug-likeness (QED) is 0.0967. The first-order valence-electron chi connectivity index (χ1n) is 20.6. The highest BCUT2D eigenvalue weighted by atomic mass is 15.1. The van der Waals surface area contributed by atoms with Gasteiger partial charge in [0.05, 0.1) is 18.2 Å². The molecule has 294 valence electrons. The average molecular weight is 787 g/mol. The molecule has 0 amide bonds. The van der Waals surface area contributed by atoms with Crippen LogP contribution < -0.4 is 9.80 Å². The number of fused-ring (bicyclic) bond motifs is 1. The SMILES string of the molecule is [C-]#[N+]c1cc(/C=C/c2ccc(N(c3ccc(C)cc3)c3ccc(CC)cc3)cc2)cc2c(C#N)cc(/C=C/c3ccc(N(c4ccc(C)cc4)c4ccc(C)cc4)cc3)cc12. The minimum absolute atomic E-state index is 0.513. The minimum atomic E-state index is 0.513. The summed E-state index contributed by atoms with van der Waals surface area (Å²) in [6.07, 6.45) is 9.13. The molecule has 0 aliphatic heterocycles. The minimum Gasteiger partial charge on any atom is -0.311 e. The largest absolute Gasteiger partial charge is 0.311 e. The summed E-state index contributed by atoms with van der Waals surface area (Å²) in [5, 5.41) is 11.8. The third-order valence-corrected chi connectivity index (χ3v) is 11.1. The van der Waals surface area contributed by atoms with Crippen LogP contribution in [0.3, 0.4) is 0 Å². The van der Waals surface area contributed by atoms with Gasteiger partial charge in [0.25, 0.3) is 0 Å². The van der Waals surface area contributed by atoms with Crippen molar-refractivity contribution in [2.75, 3.05) is 9.80 Å². The van der Waals surface area contributed by atoms with Crippen LogP contribution in [0.1, 0.15) is 57.0 Å². The standard InChI is InChI=1S/C57H46N4/c1-6-43-17-29-52(30-18-43)61(51-27-11-42(4)12-28-51)54-33-21-45(22-34-54)14-16-47-36-55-48(39-58)35-46(37-56(55)57(38-47)59-5)15-13-44-19-31-53(32-20-44)60(49-23-7-40(2)8-24-49)50-25-9-41(3)10-26-50/h7-38H,6H2,1-4H3/b15-13+,16-14+. The molecular weight excluding hydrogens is 741 g/mol. The number of nitriles is 1. The highest BCUT2D eigenvalue weighted by Gasteiger charge is 2.14. The summed E-state index contributed by atoms with van der Waals surface area (Å²) in [4.78, 5) is 8.44. The fourth-order valence-electron chi connectivity index (χ4n) is 7.57. The summed E-state index contributed by atoms with van der Waals surface area (Å²) < 4.78 is 0. The number of rotatable bonds is 11. The summed E-state index contributed by atoms with van der Waals surface area (Å²) in [7, 11) is 0. The zero-order valence-corrected chi connectivity index (χ0v) is 35.0. The Morgan fingerprint density at radius 1 is 0.459 bits per heavy atom. The molecule has 0 aromatic heterocycles. The summed E-state index contributed by atoms with van der Waals surface area (Å²) in [5.74, 6) is 0. The Morgan fingerprint density at radius 2 is 0.803 bits per heavy atom. The van der Waals surface area contributed by atoms with Crippen molar-refractivity contribution < 1.29 is 0 Å². The van der Waals surface area contributed by atoms with E-state index in [-0.39, 0.29) is 0 Å². The van der Waals surface area contributed by atoms with E-state index in [0.29, 0.717) is 11.3 Å². The van der Waals surface area contributed by atoms with Gasteiger partial charge in [0.1, 0.15) is 0 Å². The van der Waals surface area contributed by atoms with Crippen LogP contribution >= 0.6 is 0 Å². The van der Waals surface area contributed by atoms with Crippen LogP contribution in [0.5, 0.6) is 0 Å². The van der Waals surface area contributed by atoms with Crippen molar-refractivity contribution >= 4 is 74.9 Å². The highest BCUT2D eigenvalue weighted by Crippen LogP contribution is 2.38. The predicted octanol–water partition coefficient (Wildman–Crippen LogP) is 16.0. The van der Waals surface area contributed by atoms with E-state index in [1.807, 2.05) is 36.4 Å². The molecule has 4 nitrogen and oxygen atoms in total. The lowest BCUT2D eigenvalue weighted by molar-refractivity contribution is 1.14. The number of nitrogens with zero attached hydrogens (tertiary/aromatic N) is 4. The number of hydrogen-bond donors (Lipinski definition) is 0. The van der Waals surface area contributed by atoms with Gasteiger partial charge in [0.2, 0.25) is 0 Å². The molecule has 0 fully saturated rings. The maximum atomic E-state index is 10.3. The summed E-state index contributed by atoms with van der Waals surface area (Å²) in [6.45, 7) is 16.6. The fourth-order valence-corrected chi connectivity index (χ4v) is 7.57. The molecule has 0 saturated carbocycles. The Balaban J connectivity index is 1.03. The number of hydrogen-bond acceptors (Lipinski definition) is 3. The Morgan fingerprint density at radius 3 is 1.18 bits per heavy atom. The van der Waals surface area contributed by atoms with Crippen molar-refractivity contribution in [3.8, 4) is 6.07 Å². The van der Waals surface area contributed by atoms with E-state index in [0.717, 1.165) is 73.6 Å². The van der Waals surface area contributed by atoms with Gasteiger partial charge < -0.3 is 9.80 Å². The molecule has 8 aromatic carbocycles. The van der Waals surface area contributed by atoms with Crippen LogP contribution in [-0.2, 0) is 6.42 Å². The molecule has 0 atom stereocenters. The van der Waals surface area contributed by atoms with E-state index in [4.69, 9.17) is 6.57 Å². The highest BCUT2D eigenvalue weighted by molar-refractivity contribution is 6.01. The first-order chi connectivity index (χ1) is 29.8. The second-order valence-electron chi connectivity index (χ2n) is 15.5. The molecule has 0 saturated heterocycles. The van der Waals surface area contributed by atoms with Gasteiger partial charge >= 0.3 is 0 Å². The third-order valence-electron chi connectivity index (χ3n) is 11.1. The normalized spacial score (nSPS) is 11.2. The van der Waals surface area contributed by atoms with Crippen molar-refractivity contribution in [1.29, 1.82) is 5.26 Å². The zero-order valence-electron chi connectivity index (χ0n) is 35.0. The number of benzene rings is 8. The summed E-state index contributed by atoms with van der Waals surface area (Å²) in [6, 6.07) is 61.7. The van der Waals surface area contributed by atoms with Crippen molar-refractivity contribution in [3.63, 3.8) is 0 Å². The van der Waals surface area contributed by atoms with Gasteiger partial charge in [-0.2, -0.15) is 5.26 Å². The molecule has 0 aliphatic rings. The van der Waals surface area contributed by atoms with Gasteiger partial charge in [-0.3, -0.25) is 0 Å². The molecular formula is C57H46N4. The molecule has 0 bridgehead atoms. The molecule has 0 radical (unpaired) electrons. The summed E-state index contributed by atoms with van der Waals surface area (Å²) >= 11 is 0. The Labute approximate surface area is 360 Å². The number of anilines is 6. The Hall–Kier alpha value is -7.92. The predicted molar refractivity (Wildman–Crippen MR) is 259 cm³/mol. The van der Waals surface area contributed by atoms with Gasteiger partial charge in [-0.25, -0.2) is 4.85 Å². The Bertz CT molecular complexity index is 2900. The van der Waals surface area contributed by atoms with Crippen LogP contribution in [0.25, 0.3) is 39.9 Å². The van der Waals surface area contributed by atoms with E-state index in [9.17, 15) is 5.26 Å². The second kappa shape index (κ2) is 17.9. The third kappa shape index (κ3) is 9.06. The lowest BCUT2D eigenvalue weighted by atomic mass is 9.97. The van der Waals surface area contributed by atoms with E-state index in [1.54, 1.807) is 0 Å². The molecule has 0 heterocycles. The first-order valence-corrected chi connectivity index (χ1v) is 20.6. The average Bonchev–Trinajstić information content (AvgIpc) is 3.30. The molecule has 0 N–H and O–H groups in total. The van der Waals surface area contributed by atoms with Gasteiger partial charge in [0, 0.05) is 34.1 Å². The smallest absolute Gasteiger partial charge is 0.195 e. The van der Waals surface area contributed by atoms with Crippen LogP contribution in [0, 0.1) is 38.7 Å². The molecule has 0 unspecified atom stereocenters. The van der Waals surface area contributed by atoms with Gasteiger partial charge in [-0.05, 0) is 157 Å². The van der Waals surface area contributed by atoms with Crippen LogP contribution in [0.4, 0.5) is 39.8 Å². The summed E-state index contributed by atoms with van der Waals surface area (Å²) in [5.41, 5.74) is 16.3. The molecule has 8 aromatic rings. The van der Waals surface area contributed by atoms with Gasteiger partial charge in [-0.1, -0.05) is 127 Å². The van der Waals surface area contributed by atoms with E-state index in [1.165, 1.54) is 22.3 Å². The van der Waals surface area contributed by atoms with Gasteiger partial charge in [-0.15, -0.1) is 0 Å². The van der Waals surface area contributed by atoms with E-state index >= 15 is 0 Å². The maximum Gasteiger partial charge on any atom is 0.195 e. The topological polar surface area (TPSA) is 34.6 Å². The van der Waals surface area contributed by atoms with Crippen LogP contribution in [-0.4, -0.2) is 0 Å². The fraction of sp³-hybridized carbons (Fsp3) is 0.0877. The van der Waals surface area contributed by atoms with Crippen LogP contribution in [0.2, 0.25) is 0 Å². The molecule has 8 rings (SSSR count). The zero-order chi connectivity index (χ0) is 42.3. The first kappa shape index (κ1) is 39.9. The van der Waals surface area contributed by atoms with Crippen molar-refractivity contribution in [2.45, 2.75) is 34.1 Å². The van der Waals surface area contributed by atoms with E-state index in [2.05, 4.69) is 206 Å². The van der Waals surface area contributed by atoms with Crippen LogP contribution in [0.15, 0.2) is 170 Å². The number of aryl methyl sites for hydroxylation is 4.